The van der Waals surface area contributed by atoms with Crippen LogP contribution in [0.25, 0.3) is 33.5 Å². The number of aryl methyl sites for hydroxylation is 3. The summed E-state index contributed by atoms with van der Waals surface area (Å²) in [5.74, 6) is 2.01. The van der Waals surface area contributed by atoms with Gasteiger partial charge in [-0.15, -0.1) is 0 Å². The highest BCUT2D eigenvalue weighted by molar-refractivity contribution is 5.96. The molecule has 1 nitrogen and oxygen atoms in total. The van der Waals surface area contributed by atoms with Gasteiger partial charge in [-0.1, -0.05) is 48.5 Å². The van der Waals surface area contributed by atoms with Crippen LogP contribution in [0.1, 0.15) is 33.8 Å². The summed E-state index contributed by atoms with van der Waals surface area (Å²) >= 11 is 0. The van der Waals surface area contributed by atoms with E-state index in [0.717, 1.165) is 17.9 Å². The molecule has 0 amide bonds. The van der Waals surface area contributed by atoms with Crippen LogP contribution in [-0.4, -0.2) is 0 Å². The van der Waals surface area contributed by atoms with E-state index in [-0.39, 0.29) is 0 Å². The smallest absolute Gasteiger partial charge is 0.130 e. The SMILES string of the molecule is Cc1cc(C2=Cc3c(ccc(C)c3-c3ccc4ccccc4c3)C2)oc1C. The summed E-state index contributed by atoms with van der Waals surface area (Å²) in [6.07, 6.45) is 3.26. The molecule has 132 valence electrons. The number of hydrogen-bond acceptors (Lipinski definition) is 1. The van der Waals surface area contributed by atoms with Gasteiger partial charge in [-0.25, -0.2) is 0 Å². The molecule has 0 unspecified atom stereocenters. The molecule has 0 saturated heterocycles. The largest absolute Gasteiger partial charge is 0.461 e. The van der Waals surface area contributed by atoms with Crippen molar-refractivity contribution in [2.45, 2.75) is 27.2 Å². The third kappa shape index (κ3) is 2.62. The first-order valence-corrected chi connectivity index (χ1v) is 9.50. The molecule has 1 heteroatoms. The Bertz CT molecular complexity index is 1200. The number of furan rings is 1. The molecule has 0 atom stereocenters. The molecular weight excluding hydrogens is 328 g/mol. The van der Waals surface area contributed by atoms with E-state index in [0.29, 0.717) is 0 Å². The minimum absolute atomic E-state index is 0.933. The van der Waals surface area contributed by atoms with Crippen LogP contribution in [0.3, 0.4) is 0 Å². The van der Waals surface area contributed by atoms with E-state index in [2.05, 4.69) is 80.6 Å². The van der Waals surface area contributed by atoms with Crippen LogP contribution in [0.4, 0.5) is 0 Å². The zero-order valence-corrected chi connectivity index (χ0v) is 16.0. The fourth-order valence-corrected chi connectivity index (χ4v) is 4.14. The van der Waals surface area contributed by atoms with Crippen molar-refractivity contribution in [2.24, 2.45) is 0 Å². The van der Waals surface area contributed by atoms with Gasteiger partial charge >= 0.3 is 0 Å². The highest BCUT2D eigenvalue weighted by Crippen LogP contribution is 2.40. The van der Waals surface area contributed by atoms with Crippen molar-refractivity contribution in [1.29, 1.82) is 0 Å². The molecule has 1 aliphatic carbocycles. The van der Waals surface area contributed by atoms with E-state index in [9.17, 15) is 0 Å². The molecule has 0 fully saturated rings. The van der Waals surface area contributed by atoms with Gasteiger partial charge in [0.05, 0.1) is 0 Å². The summed E-state index contributed by atoms with van der Waals surface area (Å²) in [6.45, 7) is 6.35. The third-order valence-electron chi connectivity index (χ3n) is 5.76. The van der Waals surface area contributed by atoms with Crippen LogP contribution in [0.15, 0.2) is 65.1 Å². The predicted molar refractivity (Wildman–Crippen MR) is 114 cm³/mol. The van der Waals surface area contributed by atoms with Crippen LogP contribution in [0.2, 0.25) is 0 Å². The van der Waals surface area contributed by atoms with E-state index in [4.69, 9.17) is 4.42 Å². The molecule has 1 heterocycles. The molecule has 0 aliphatic heterocycles. The van der Waals surface area contributed by atoms with Crippen molar-refractivity contribution in [1.82, 2.24) is 0 Å². The lowest BCUT2D eigenvalue weighted by Crippen LogP contribution is -1.91. The average molecular weight is 350 g/mol. The maximum absolute atomic E-state index is 5.99. The van der Waals surface area contributed by atoms with Crippen molar-refractivity contribution in [3.05, 3.63) is 94.4 Å². The zero-order chi connectivity index (χ0) is 18.5. The summed E-state index contributed by atoms with van der Waals surface area (Å²) in [7, 11) is 0. The first-order chi connectivity index (χ1) is 13.1. The highest BCUT2D eigenvalue weighted by Gasteiger charge is 2.21. The molecule has 0 saturated carbocycles. The van der Waals surface area contributed by atoms with Gasteiger partial charge in [0.1, 0.15) is 11.5 Å². The Kier molecular flexibility index (Phi) is 3.58. The Labute approximate surface area is 160 Å². The van der Waals surface area contributed by atoms with E-state index < -0.39 is 0 Å². The van der Waals surface area contributed by atoms with Crippen molar-refractivity contribution < 1.29 is 4.42 Å². The number of fused-ring (bicyclic) bond motifs is 2. The quantitative estimate of drug-likeness (QED) is 0.375. The van der Waals surface area contributed by atoms with Crippen molar-refractivity contribution in [2.75, 3.05) is 0 Å². The lowest BCUT2D eigenvalue weighted by atomic mass is 9.91. The van der Waals surface area contributed by atoms with Gasteiger partial charge in [0, 0.05) is 6.42 Å². The highest BCUT2D eigenvalue weighted by atomic mass is 16.3. The second-order valence-electron chi connectivity index (χ2n) is 7.59. The zero-order valence-electron chi connectivity index (χ0n) is 16.0. The Hall–Kier alpha value is -3.06. The molecule has 0 bridgehead atoms. The van der Waals surface area contributed by atoms with Crippen LogP contribution in [0, 0.1) is 20.8 Å². The lowest BCUT2D eigenvalue weighted by Gasteiger charge is -2.12. The van der Waals surface area contributed by atoms with Crippen LogP contribution in [0.5, 0.6) is 0 Å². The molecular formula is C26H22O. The summed E-state index contributed by atoms with van der Waals surface area (Å²) in [6, 6.07) is 22.0. The van der Waals surface area contributed by atoms with Gasteiger partial charge in [-0.05, 0) is 88.7 Å². The molecule has 0 spiro atoms. The maximum atomic E-state index is 5.99. The minimum atomic E-state index is 0.933. The topological polar surface area (TPSA) is 13.1 Å². The van der Waals surface area contributed by atoms with Crippen molar-refractivity contribution in [3.8, 4) is 11.1 Å². The molecule has 27 heavy (non-hydrogen) atoms. The first-order valence-electron chi connectivity index (χ1n) is 9.50. The van der Waals surface area contributed by atoms with Crippen LogP contribution in [-0.2, 0) is 6.42 Å². The average Bonchev–Trinajstić information content (AvgIpc) is 3.25. The predicted octanol–water partition coefficient (Wildman–Crippen LogP) is 7.12. The number of rotatable bonds is 2. The number of allylic oxidation sites excluding steroid dienone is 1. The van der Waals surface area contributed by atoms with Crippen molar-refractivity contribution in [3.63, 3.8) is 0 Å². The van der Waals surface area contributed by atoms with Gasteiger partial charge in [-0.3, -0.25) is 0 Å². The molecule has 0 radical (unpaired) electrons. The molecule has 1 aliphatic rings. The monoisotopic (exact) mass is 350 g/mol. The van der Waals surface area contributed by atoms with E-state index in [1.807, 2.05) is 6.92 Å². The first kappa shape index (κ1) is 16.1. The van der Waals surface area contributed by atoms with Gasteiger partial charge in [0.15, 0.2) is 0 Å². The minimum Gasteiger partial charge on any atom is -0.461 e. The third-order valence-corrected chi connectivity index (χ3v) is 5.76. The van der Waals surface area contributed by atoms with Gasteiger partial charge in [0.25, 0.3) is 0 Å². The summed E-state index contributed by atoms with van der Waals surface area (Å²) in [4.78, 5) is 0. The summed E-state index contributed by atoms with van der Waals surface area (Å²) in [5.41, 5.74) is 9.15. The number of hydrogen-bond donors (Lipinski definition) is 0. The van der Waals surface area contributed by atoms with E-state index >= 15 is 0 Å². The van der Waals surface area contributed by atoms with Gasteiger partial charge in [0.2, 0.25) is 0 Å². The standard InChI is InChI=1S/C26H22O/c1-16-8-9-21-14-23(25-12-17(2)18(3)27-25)15-24(21)26(16)22-11-10-19-6-4-5-7-20(19)13-22/h4-13,15H,14H2,1-3H3. The van der Waals surface area contributed by atoms with Gasteiger partial charge in [-0.2, -0.15) is 0 Å². The van der Waals surface area contributed by atoms with Crippen LogP contribution < -0.4 is 0 Å². The van der Waals surface area contributed by atoms with Crippen LogP contribution >= 0.6 is 0 Å². The molecule has 1 aromatic heterocycles. The summed E-state index contributed by atoms with van der Waals surface area (Å²) < 4.78 is 5.99. The Morgan fingerprint density at radius 1 is 0.778 bits per heavy atom. The van der Waals surface area contributed by atoms with E-state index in [1.165, 1.54) is 49.7 Å². The summed E-state index contributed by atoms with van der Waals surface area (Å²) in [5, 5.41) is 2.57. The number of benzene rings is 3. The Morgan fingerprint density at radius 3 is 2.37 bits per heavy atom. The van der Waals surface area contributed by atoms with Gasteiger partial charge < -0.3 is 4.42 Å². The maximum Gasteiger partial charge on any atom is 0.130 e. The molecule has 4 aromatic rings. The molecule has 0 N–H and O–H groups in total. The second kappa shape index (κ2) is 5.99. The normalized spacial score (nSPS) is 13.1. The fraction of sp³-hybridized carbons (Fsp3) is 0.154. The Morgan fingerprint density at radius 2 is 1.59 bits per heavy atom. The second-order valence-corrected chi connectivity index (χ2v) is 7.59. The van der Waals surface area contributed by atoms with E-state index in [1.54, 1.807) is 0 Å². The lowest BCUT2D eigenvalue weighted by molar-refractivity contribution is 0.518. The fourth-order valence-electron chi connectivity index (χ4n) is 4.14. The molecule has 5 rings (SSSR count). The van der Waals surface area contributed by atoms with Crippen molar-refractivity contribution >= 4 is 22.4 Å². The molecule has 3 aromatic carbocycles. The Balaban J connectivity index is 1.67.